The van der Waals surface area contributed by atoms with Crippen molar-refractivity contribution in [1.82, 2.24) is 30.4 Å². The molecule has 0 radical (unpaired) electrons. The number of nitrogens with zero attached hydrogens (tertiary/aromatic N) is 5. The number of H-pyrrole nitrogens is 1. The Labute approximate surface area is 249 Å². The highest BCUT2D eigenvalue weighted by Crippen LogP contribution is 2.39. The van der Waals surface area contributed by atoms with Crippen molar-refractivity contribution < 1.29 is 22.7 Å². The number of nitrogens with one attached hydrogen (secondary N) is 1. The first-order valence-corrected chi connectivity index (χ1v) is 14.6. The number of likely N-dealkylation sites (tertiary alicyclic amines) is 1. The third kappa shape index (κ3) is 7.26. The highest BCUT2D eigenvalue weighted by atomic mass is 35.5. The highest BCUT2D eigenvalue weighted by molar-refractivity contribution is 8.26. The molecule has 0 saturated carbocycles. The molecule has 1 aromatic heterocycles. The number of thiocarbonyl (C=S) groups is 1. The number of carbonyl (C=O) groups is 1. The monoisotopic (exact) mass is 622 g/mol. The topological polar surface area (TPSA) is 87.2 Å². The van der Waals surface area contributed by atoms with Crippen LogP contribution in [-0.2, 0) is 17.4 Å². The summed E-state index contributed by atoms with van der Waals surface area (Å²) in [4.78, 5) is 17.5. The third-order valence-electron chi connectivity index (χ3n) is 6.81. The van der Waals surface area contributed by atoms with Gasteiger partial charge in [-0.05, 0) is 74.3 Å². The van der Waals surface area contributed by atoms with Gasteiger partial charge in [0.15, 0.2) is 5.82 Å². The minimum absolute atomic E-state index is 0.180. The average Bonchev–Trinajstić information content (AvgIpc) is 3.69. The number of thioether (sulfide) groups is 1. The summed E-state index contributed by atoms with van der Waals surface area (Å²) < 4.78 is 46.8. The highest BCUT2D eigenvalue weighted by Gasteiger charge is 2.33. The second-order valence-corrected chi connectivity index (χ2v) is 11.7. The summed E-state index contributed by atoms with van der Waals surface area (Å²) >= 11 is 13.0. The van der Waals surface area contributed by atoms with Gasteiger partial charge in [0.2, 0.25) is 0 Å². The van der Waals surface area contributed by atoms with Crippen LogP contribution in [0.1, 0.15) is 36.2 Å². The van der Waals surface area contributed by atoms with Gasteiger partial charge in [0, 0.05) is 35.7 Å². The Kier molecular flexibility index (Phi) is 9.27. The first-order valence-electron chi connectivity index (χ1n) is 13.0. The van der Waals surface area contributed by atoms with Gasteiger partial charge in [-0.3, -0.25) is 14.6 Å². The second kappa shape index (κ2) is 12.9. The molecule has 0 atom stereocenters. The molecular formula is C27H26ClF3N6O2S2. The maximum atomic E-state index is 13.4. The van der Waals surface area contributed by atoms with E-state index in [9.17, 15) is 18.0 Å². The number of aromatic amines is 1. The van der Waals surface area contributed by atoms with Gasteiger partial charge in [0.1, 0.15) is 16.7 Å². The van der Waals surface area contributed by atoms with Gasteiger partial charge in [0.05, 0.1) is 10.5 Å². The number of alkyl halides is 3. The maximum Gasteiger partial charge on any atom is 0.416 e. The Morgan fingerprint density at radius 3 is 2.68 bits per heavy atom. The number of hydrogen-bond donors (Lipinski definition) is 1. The van der Waals surface area contributed by atoms with E-state index in [1.54, 1.807) is 24.3 Å². The number of tetrazole rings is 1. The zero-order valence-corrected chi connectivity index (χ0v) is 24.2. The van der Waals surface area contributed by atoms with Gasteiger partial charge in [-0.1, -0.05) is 46.9 Å². The first kappa shape index (κ1) is 29.5. The lowest BCUT2D eigenvalue weighted by atomic mass is 9.99. The number of hydrogen-bond acceptors (Lipinski definition) is 8. The molecule has 3 aromatic rings. The molecule has 3 heterocycles. The van der Waals surface area contributed by atoms with E-state index in [1.807, 2.05) is 0 Å². The van der Waals surface area contributed by atoms with Crippen molar-refractivity contribution in [2.75, 3.05) is 32.8 Å². The summed E-state index contributed by atoms with van der Waals surface area (Å²) in [6, 6.07) is 8.28. The number of rotatable bonds is 10. The van der Waals surface area contributed by atoms with Crippen LogP contribution in [0.2, 0.25) is 5.02 Å². The Morgan fingerprint density at radius 1 is 1.15 bits per heavy atom. The minimum Gasteiger partial charge on any atom is -0.492 e. The average molecular weight is 623 g/mol. The molecule has 5 rings (SSSR count). The van der Waals surface area contributed by atoms with E-state index >= 15 is 0 Å². The van der Waals surface area contributed by atoms with E-state index in [0.29, 0.717) is 57.9 Å². The molecule has 1 amide bonds. The lowest BCUT2D eigenvalue weighted by Gasteiger charge is -2.17. The smallest absolute Gasteiger partial charge is 0.416 e. The van der Waals surface area contributed by atoms with Gasteiger partial charge < -0.3 is 4.74 Å². The van der Waals surface area contributed by atoms with Crippen molar-refractivity contribution in [3.63, 3.8) is 0 Å². The molecule has 2 aliphatic rings. The fraction of sp³-hybridized carbons (Fsp3) is 0.370. The number of halogens is 4. The van der Waals surface area contributed by atoms with E-state index in [-0.39, 0.29) is 16.5 Å². The summed E-state index contributed by atoms with van der Waals surface area (Å²) in [5.41, 5.74) is 0.444. The van der Waals surface area contributed by atoms with Crippen LogP contribution in [0, 0.1) is 0 Å². The van der Waals surface area contributed by atoms with Crippen molar-refractivity contribution >= 4 is 51.9 Å². The third-order valence-corrected chi connectivity index (χ3v) is 8.52. The molecule has 8 nitrogen and oxygen atoms in total. The second-order valence-electron chi connectivity index (χ2n) is 9.61. The molecule has 1 N–H and O–H groups in total. The quantitative estimate of drug-likeness (QED) is 0.223. The number of aromatic nitrogens is 4. The molecule has 14 heteroatoms. The van der Waals surface area contributed by atoms with E-state index in [4.69, 9.17) is 28.6 Å². The largest absolute Gasteiger partial charge is 0.492 e. The van der Waals surface area contributed by atoms with Crippen LogP contribution in [0.3, 0.4) is 0 Å². The first-order chi connectivity index (χ1) is 19.7. The van der Waals surface area contributed by atoms with E-state index in [1.165, 1.54) is 22.7 Å². The van der Waals surface area contributed by atoms with Gasteiger partial charge in [-0.2, -0.15) is 18.4 Å². The van der Waals surface area contributed by atoms with Crippen LogP contribution >= 0.6 is 35.6 Å². The molecule has 0 bridgehead atoms. The van der Waals surface area contributed by atoms with Crippen LogP contribution in [0.4, 0.5) is 13.2 Å². The summed E-state index contributed by atoms with van der Waals surface area (Å²) in [6.45, 7) is 3.62. The number of aryl methyl sites for hydroxylation is 1. The molecule has 41 heavy (non-hydrogen) atoms. The van der Waals surface area contributed by atoms with E-state index < -0.39 is 11.7 Å². The fourth-order valence-corrected chi connectivity index (χ4v) is 6.22. The predicted octanol–water partition coefficient (Wildman–Crippen LogP) is 5.85. The molecule has 0 spiro atoms. The number of benzene rings is 2. The van der Waals surface area contributed by atoms with Gasteiger partial charge >= 0.3 is 6.18 Å². The van der Waals surface area contributed by atoms with Gasteiger partial charge in [-0.15, -0.1) is 10.2 Å². The summed E-state index contributed by atoms with van der Waals surface area (Å²) in [5.74, 6) is 0.809. The lowest BCUT2D eigenvalue weighted by molar-refractivity contribution is -0.137. The zero-order chi connectivity index (χ0) is 29.0. The Bertz CT molecular complexity index is 1450. The molecule has 2 aliphatic heterocycles. The number of amides is 1. The minimum atomic E-state index is -4.52. The van der Waals surface area contributed by atoms with Gasteiger partial charge in [-0.25, -0.2) is 0 Å². The SMILES string of the molecule is O=C1C(=Cc2cc(-c3cc(C(F)(F)F)ccc3Cl)ccc2OCCN2CCCC2)SC(=S)N1CCCc1nn[nH]n1. The Hall–Kier alpha value is -3.00. The summed E-state index contributed by atoms with van der Waals surface area (Å²) in [5, 5.41) is 13.9. The normalized spacial score (nSPS) is 17.3. The molecule has 0 aliphatic carbocycles. The van der Waals surface area contributed by atoms with Crippen LogP contribution in [0.5, 0.6) is 5.75 Å². The number of carbonyl (C=O) groups excluding carboxylic acids is 1. The summed E-state index contributed by atoms with van der Waals surface area (Å²) in [6.07, 6.45) is 0.603. The van der Waals surface area contributed by atoms with Crippen LogP contribution < -0.4 is 4.74 Å². The van der Waals surface area contributed by atoms with Crippen molar-refractivity contribution in [2.24, 2.45) is 0 Å². The fourth-order valence-electron chi connectivity index (χ4n) is 4.69. The molecular weight excluding hydrogens is 597 g/mol. The Morgan fingerprint density at radius 2 is 1.95 bits per heavy atom. The maximum absolute atomic E-state index is 13.4. The molecule has 216 valence electrons. The number of ether oxygens (including phenoxy) is 1. The zero-order valence-electron chi connectivity index (χ0n) is 21.8. The van der Waals surface area contributed by atoms with Crippen LogP contribution in [0.15, 0.2) is 41.3 Å². The Balaban J connectivity index is 1.41. The van der Waals surface area contributed by atoms with E-state index in [2.05, 4.69) is 25.5 Å². The lowest BCUT2D eigenvalue weighted by Crippen LogP contribution is -2.29. The van der Waals surface area contributed by atoms with Crippen molar-refractivity contribution in [3.05, 3.63) is 63.3 Å². The molecule has 2 aromatic carbocycles. The van der Waals surface area contributed by atoms with E-state index in [0.717, 1.165) is 44.6 Å². The van der Waals surface area contributed by atoms with Crippen LogP contribution in [0.25, 0.3) is 17.2 Å². The molecule has 2 saturated heterocycles. The molecule has 0 unspecified atom stereocenters. The molecule has 2 fully saturated rings. The summed E-state index contributed by atoms with van der Waals surface area (Å²) in [7, 11) is 0. The van der Waals surface area contributed by atoms with Crippen molar-refractivity contribution in [2.45, 2.75) is 31.9 Å². The van der Waals surface area contributed by atoms with Gasteiger partial charge in [0.25, 0.3) is 5.91 Å². The van der Waals surface area contributed by atoms with Crippen molar-refractivity contribution in [3.8, 4) is 16.9 Å². The predicted molar refractivity (Wildman–Crippen MR) is 155 cm³/mol. The van der Waals surface area contributed by atoms with Crippen LogP contribution in [-0.4, -0.2) is 73.4 Å². The van der Waals surface area contributed by atoms with Crippen molar-refractivity contribution in [1.29, 1.82) is 0 Å². The standard InChI is InChI=1S/C27H26ClF3N6O2S2/c28-21-7-6-19(27(29,30)31)16-20(21)17-5-8-22(39-13-12-36-9-1-2-10-36)18(14-17)15-23-25(38)37(26(40)41-23)11-3-4-24-32-34-35-33-24/h5-8,14-16H,1-4,9-13H2,(H,32,33,34,35).